The Kier molecular flexibility index (Phi) is 3.51. The van der Waals surface area contributed by atoms with Gasteiger partial charge in [0, 0.05) is 5.69 Å². The van der Waals surface area contributed by atoms with Crippen molar-refractivity contribution in [1.29, 1.82) is 0 Å². The summed E-state index contributed by atoms with van der Waals surface area (Å²) >= 11 is 0. The quantitative estimate of drug-likeness (QED) is 0.884. The van der Waals surface area contributed by atoms with E-state index in [-0.39, 0.29) is 16.9 Å². The van der Waals surface area contributed by atoms with Gasteiger partial charge in [-0.25, -0.2) is 14.5 Å². The van der Waals surface area contributed by atoms with E-state index in [1.807, 2.05) is 0 Å². The Labute approximate surface area is 121 Å². The Morgan fingerprint density at radius 1 is 1.19 bits per heavy atom. The lowest BCUT2D eigenvalue weighted by Gasteiger charge is -2.11. The molecular weight excluding hydrogens is 272 g/mol. The Morgan fingerprint density at radius 2 is 1.81 bits per heavy atom. The Balaban J connectivity index is 2.82. The number of aromatic carboxylic acids is 1. The number of pyridine rings is 1. The number of carboxylic acids is 1. The van der Waals surface area contributed by atoms with Crippen molar-refractivity contribution in [2.24, 2.45) is 5.73 Å². The van der Waals surface area contributed by atoms with Crippen molar-refractivity contribution in [3.05, 3.63) is 39.8 Å². The highest BCUT2D eigenvalue weighted by molar-refractivity contribution is 5.97. The molecule has 0 saturated carbocycles. The SMILES string of the molecule is Cc1cc(C)c(C(N)=O)c(-n2nc(C)c(C(=O)O)c2C)n1. The van der Waals surface area contributed by atoms with Crippen molar-refractivity contribution in [2.45, 2.75) is 27.7 Å². The second-order valence-electron chi connectivity index (χ2n) is 4.91. The zero-order valence-corrected chi connectivity index (χ0v) is 12.3. The summed E-state index contributed by atoms with van der Waals surface area (Å²) in [5, 5.41) is 13.4. The van der Waals surface area contributed by atoms with E-state index >= 15 is 0 Å². The van der Waals surface area contributed by atoms with Gasteiger partial charge in [0.1, 0.15) is 5.56 Å². The molecule has 0 spiro atoms. The van der Waals surface area contributed by atoms with Crippen LogP contribution >= 0.6 is 0 Å². The van der Waals surface area contributed by atoms with Crippen molar-refractivity contribution >= 4 is 11.9 Å². The third-order valence-electron chi connectivity index (χ3n) is 3.28. The van der Waals surface area contributed by atoms with Crippen molar-refractivity contribution in [3.63, 3.8) is 0 Å². The molecule has 0 atom stereocenters. The smallest absolute Gasteiger partial charge is 0.339 e. The van der Waals surface area contributed by atoms with Crippen LogP contribution in [0.2, 0.25) is 0 Å². The Morgan fingerprint density at radius 3 is 2.29 bits per heavy atom. The Bertz CT molecular complexity index is 762. The third kappa shape index (κ3) is 2.37. The Hall–Kier alpha value is -2.70. The second-order valence-corrected chi connectivity index (χ2v) is 4.91. The van der Waals surface area contributed by atoms with Crippen LogP contribution in [0.3, 0.4) is 0 Å². The van der Waals surface area contributed by atoms with E-state index < -0.39 is 11.9 Å². The second kappa shape index (κ2) is 5.01. The van der Waals surface area contributed by atoms with Crippen LogP contribution < -0.4 is 5.73 Å². The molecule has 2 aromatic heterocycles. The van der Waals surface area contributed by atoms with Gasteiger partial charge in [0.15, 0.2) is 5.82 Å². The predicted molar refractivity (Wildman–Crippen MR) is 75.8 cm³/mol. The summed E-state index contributed by atoms with van der Waals surface area (Å²) in [4.78, 5) is 27.3. The molecule has 7 heteroatoms. The van der Waals surface area contributed by atoms with E-state index in [1.54, 1.807) is 33.8 Å². The monoisotopic (exact) mass is 288 g/mol. The fraction of sp³-hybridized carbons (Fsp3) is 0.286. The molecule has 3 N–H and O–H groups in total. The normalized spacial score (nSPS) is 10.7. The van der Waals surface area contributed by atoms with Gasteiger partial charge in [0.05, 0.1) is 17.0 Å². The average Bonchev–Trinajstić information content (AvgIpc) is 2.62. The van der Waals surface area contributed by atoms with Gasteiger partial charge in [-0.05, 0) is 39.3 Å². The third-order valence-corrected chi connectivity index (χ3v) is 3.28. The molecule has 2 rings (SSSR count). The van der Waals surface area contributed by atoms with Gasteiger partial charge in [0.25, 0.3) is 5.91 Å². The molecule has 0 aliphatic heterocycles. The number of hydrogen-bond acceptors (Lipinski definition) is 4. The van der Waals surface area contributed by atoms with Gasteiger partial charge in [-0.3, -0.25) is 4.79 Å². The minimum Gasteiger partial charge on any atom is -0.478 e. The fourth-order valence-corrected chi connectivity index (χ4v) is 2.43. The van der Waals surface area contributed by atoms with Crippen LogP contribution in [0, 0.1) is 27.7 Å². The number of nitrogens with two attached hydrogens (primary N) is 1. The number of aromatic nitrogens is 3. The zero-order valence-electron chi connectivity index (χ0n) is 12.3. The maximum Gasteiger partial charge on any atom is 0.339 e. The lowest BCUT2D eigenvalue weighted by atomic mass is 10.1. The van der Waals surface area contributed by atoms with E-state index in [1.165, 1.54) is 4.68 Å². The minimum absolute atomic E-state index is 0.103. The molecule has 0 aliphatic rings. The first-order valence-electron chi connectivity index (χ1n) is 6.32. The molecule has 0 aromatic carbocycles. The number of carboxylic acid groups (broad SMARTS) is 1. The average molecular weight is 288 g/mol. The number of nitrogens with zero attached hydrogens (tertiary/aromatic N) is 3. The first kappa shape index (κ1) is 14.7. The molecule has 0 fully saturated rings. The van der Waals surface area contributed by atoms with Crippen LogP contribution in [0.4, 0.5) is 0 Å². The molecule has 0 saturated heterocycles. The molecule has 21 heavy (non-hydrogen) atoms. The summed E-state index contributed by atoms with van der Waals surface area (Å²) in [6.07, 6.45) is 0. The highest BCUT2D eigenvalue weighted by Gasteiger charge is 2.23. The van der Waals surface area contributed by atoms with Gasteiger partial charge >= 0.3 is 5.97 Å². The first-order chi connectivity index (χ1) is 9.73. The largest absolute Gasteiger partial charge is 0.478 e. The number of hydrogen-bond donors (Lipinski definition) is 2. The zero-order chi connectivity index (χ0) is 15.9. The maximum atomic E-state index is 11.7. The molecule has 0 radical (unpaired) electrons. The molecule has 0 bridgehead atoms. The number of rotatable bonds is 3. The van der Waals surface area contributed by atoms with Crippen LogP contribution in [-0.2, 0) is 0 Å². The highest BCUT2D eigenvalue weighted by atomic mass is 16.4. The van der Waals surface area contributed by atoms with E-state index in [0.29, 0.717) is 22.6 Å². The molecule has 2 aromatic rings. The first-order valence-corrected chi connectivity index (χ1v) is 6.32. The van der Waals surface area contributed by atoms with Crippen LogP contribution in [0.1, 0.15) is 43.4 Å². The van der Waals surface area contributed by atoms with E-state index in [9.17, 15) is 14.7 Å². The molecule has 2 heterocycles. The van der Waals surface area contributed by atoms with E-state index in [4.69, 9.17) is 5.73 Å². The molecule has 1 amide bonds. The standard InChI is InChI=1S/C14H16N4O3/c1-6-5-7(2)16-13(10(6)12(15)19)18-9(4)11(14(20)21)8(3)17-18/h5H,1-4H3,(H2,15,19)(H,20,21). The van der Waals surface area contributed by atoms with Crippen LogP contribution in [0.25, 0.3) is 5.82 Å². The number of primary amides is 1. The summed E-state index contributed by atoms with van der Waals surface area (Å²) in [5.74, 6) is -1.44. The summed E-state index contributed by atoms with van der Waals surface area (Å²) < 4.78 is 1.36. The maximum absolute atomic E-state index is 11.7. The lowest BCUT2D eigenvalue weighted by Crippen LogP contribution is -2.19. The van der Waals surface area contributed by atoms with E-state index in [2.05, 4.69) is 10.1 Å². The molecule has 0 unspecified atom stereocenters. The summed E-state index contributed by atoms with van der Waals surface area (Å²) in [5.41, 5.74) is 7.89. The molecule has 0 aliphatic carbocycles. The number of carbonyl (C=O) groups excluding carboxylic acids is 1. The van der Waals surface area contributed by atoms with Gasteiger partial charge in [-0.2, -0.15) is 5.10 Å². The van der Waals surface area contributed by atoms with Gasteiger partial charge in [0.2, 0.25) is 0 Å². The molecule has 7 nitrogen and oxygen atoms in total. The van der Waals surface area contributed by atoms with Gasteiger partial charge < -0.3 is 10.8 Å². The van der Waals surface area contributed by atoms with E-state index in [0.717, 1.165) is 0 Å². The lowest BCUT2D eigenvalue weighted by molar-refractivity contribution is 0.0695. The van der Waals surface area contributed by atoms with Crippen LogP contribution in [0.5, 0.6) is 0 Å². The van der Waals surface area contributed by atoms with Crippen molar-refractivity contribution < 1.29 is 14.7 Å². The van der Waals surface area contributed by atoms with Gasteiger partial charge in [-0.15, -0.1) is 0 Å². The number of amides is 1. The molecular formula is C14H16N4O3. The van der Waals surface area contributed by atoms with Crippen molar-refractivity contribution in [2.75, 3.05) is 0 Å². The summed E-state index contributed by atoms with van der Waals surface area (Å²) in [6, 6.07) is 1.74. The topological polar surface area (TPSA) is 111 Å². The van der Waals surface area contributed by atoms with Crippen molar-refractivity contribution in [1.82, 2.24) is 14.8 Å². The predicted octanol–water partition coefficient (Wildman–Crippen LogP) is 1.30. The highest BCUT2D eigenvalue weighted by Crippen LogP contribution is 2.22. The van der Waals surface area contributed by atoms with Crippen LogP contribution in [-0.4, -0.2) is 31.7 Å². The number of carbonyl (C=O) groups is 2. The molecule has 110 valence electrons. The summed E-state index contributed by atoms with van der Waals surface area (Å²) in [7, 11) is 0. The number of aryl methyl sites for hydroxylation is 3. The minimum atomic E-state index is -1.07. The fourth-order valence-electron chi connectivity index (χ4n) is 2.43. The van der Waals surface area contributed by atoms with Gasteiger partial charge in [-0.1, -0.05) is 0 Å². The van der Waals surface area contributed by atoms with Crippen molar-refractivity contribution in [3.8, 4) is 5.82 Å². The van der Waals surface area contributed by atoms with Crippen LogP contribution in [0.15, 0.2) is 6.07 Å². The summed E-state index contributed by atoms with van der Waals surface area (Å²) in [6.45, 7) is 6.75.